The van der Waals surface area contributed by atoms with E-state index in [9.17, 15) is 0 Å². The molecule has 2 atom stereocenters. The number of rotatable bonds is 6. The molecule has 1 heterocycles. The van der Waals surface area contributed by atoms with Crippen LogP contribution in [0, 0.1) is 11.8 Å². The summed E-state index contributed by atoms with van der Waals surface area (Å²) < 4.78 is 0. The Morgan fingerprint density at radius 1 is 1.11 bits per heavy atom. The number of hydrogen-bond donors (Lipinski definition) is 1. The van der Waals surface area contributed by atoms with E-state index in [1.165, 1.54) is 71.0 Å². The molecule has 0 aromatic heterocycles. The average molecular weight is 250 g/mol. The molecule has 0 amide bonds. The van der Waals surface area contributed by atoms with Gasteiger partial charge in [-0.05, 0) is 69.9 Å². The van der Waals surface area contributed by atoms with Crippen LogP contribution in [0.25, 0.3) is 0 Å². The van der Waals surface area contributed by atoms with Crippen LogP contribution in [0.2, 0.25) is 0 Å². The third kappa shape index (κ3) is 3.08. The van der Waals surface area contributed by atoms with Crippen molar-refractivity contribution in [2.24, 2.45) is 11.8 Å². The average Bonchev–Trinajstić information content (AvgIpc) is 3.13. The third-order valence-electron chi connectivity index (χ3n) is 5.43. The first-order valence-corrected chi connectivity index (χ1v) is 8.34. The molecule has 1 N–H and O–H groups in total. The largest absolute Gasteiger partial charge is 0.312 e. The molecule has 2 saturated carbocycles. The minimum Gasteiger partial charge on any atom is -0.312 e. The molecule has 2 aliphatic carbocycles. The molecule has 3 rings (SSSR count). The number of nitrogens with one attached hydrogen (secondary N) is 1. The molecule has 2 heteroatoms. The highest BCUT2D eigenvalue weighted by Crippen LogP contribution is 2.37. The first-order valence-electron chi connectivity index (χ1n) is 8.34. The Morgan fingerprint density at radius 2 is 1.94 bits per heavy atom. The van der Waals surface area contributed by atoms with Crippen LogP contribution in [0.5, 0.6) is 0 Å². The first kappa shape index (κ1) is 12.9. The van der Waals surface area contributed by atoms with Gasteiger partial charge >= 0.3 is 0 Å². The summed E-state index contributed by atoms with van der Waals surface area (Å²) in [4.78, 5) is 2.81. The standard InChI is InChI=1S/C16H30N2/c1-2-16(14-8-9-14)18-10-4-7-15(12-18)17-11-13-5-3-6-13/h13-17H,2-12H2,1H3. The molecule has 0 aromatic rings. The molecule has 3 fully saturated rings. The Kier molecular flexibility index (Phi) is 4.25. The molecular formula is C16H30N2. The van der Waals surface area contributed by atoms with Gasteiger partial charge in [-0.2, -0.15) is 0 Å². The van der Waals surface area contributed by atoms with Crippen LogP contribution < -0.4 is 5.32 Å². The monoisotopic (exact) mass is 250 g/mol. The van der Waals surface area contributed by atoms with E-state index in [2.05, 4.69) is 17.1 Å². The summed E-state index contributed by atoms with van der Waals surface area (Å²) in [5.41, 5.74) is 0. The normalized spacial score (nSPS) is 32.2. The molecule has 0 radical (unpaired) electrons. The fourth-order valence-corrected chi connectivity index (χ4v) is 3.88. The summed E-state index contributed by atoms with van der Waals surface area (Å²) in [6.45, 7) is 6.35. The van der Waals surface area contributed by atoms with E-state index in [1.54, 1.807) is 0 Å². The van der Waals surface area contributed by atoms with Gasteiger partial charge in [-0.25, -0.2) is 0 Å². The molecule has 1 aliphatic heterocycles. The van der Waals surface area contributed by atoms with Crippen LogP contribution in [0.4, 0.5) is 0 Å². The van der Waals surface area contributed by atoms with Crippen LogP contribution in [-0.2, 0) is 0 Å². The first-order chi connectivity index (χ1) is 8.86. The third-order valence-corrected chi connectivity index (χ3v) is 5.43. The molecular weight excluding hydrogens is 220 g/mol. The zero-order valence-corrected chi connectivity index (χ0v) is 12.0. The van der Waals surface area contributed by atoms with Crippen LogP contribution in [-0.4, -0.2) is 36.6 Å². The van der Waals surface area contributed by atoms with Crippen molar-refractivity contribution in [3.63, 3.8) is 0 Å². The smallest absolute Gasteiger partial charge is 0.0195 e. The lowest BCUT2D eigenvalue weighted by atomic mass is 9.85. The van der Waals surface area contributed by atoms with Gasteiger partial charge in [0, 0.05) is 18.6 Å². The lowest BCUT2D eigenvalue weighted by molar-refractivity contribution is 0.115. The van der Waals surface area contributed by atoms with Crippen molar-refractivity contribution in [3.8, 4) is 0 Å². The summed E-state index contributed by atoms with van der Waals surface area (Å²) in [5, 5.41) is 3.85. The van der Waals surface area contributed by atoms with E-state index in [0.29, 0.717) is 0 Å². The van der Waals surface area contributed by atoms with E-state index in [1.807, 2.05) is 0 Å². The van der Waals surface area contributed by atoms with E-state index in [-0.39, 0.29) is 0 Å². The maximum Gasteiger partial charge on any atom is 0.0195 e. The molecule has 0 spiro atoms. The van der Waals surface area contributed by atoms with Gasteiger partial charge in [0.25, 0.3) is 0 Å². The van der Waals surface area contributed by atoms with Gasteiger partial charge in [0.1, 0.15) is 0 Å². The number of nitrogens with zero attached hydrogens (tertiary/aromatic N) is 1. The predicted octanol–water partition coefficient (Wildman–Crippen LogP) is 3.03. The molecule has 0 aromatic carbocycles. The molecule has 3 aliphatic rings. The molecule has 2 nitrogen and oxygen atoms in total. The second-order valence-corrected chi connectivity index (χ2v) is 6.85. The zero-order valence-electron chi connectivity index (χ0n) is 12.0. The second-order valence-electron chi connectivity index (χ2n) is 6.85. The highest BCUT2D eigenvalue weighted by Gasteiger charge is 2.35. The lowest BCUT2D eigenvalue weighted by Crippen LogP contribution is -2.51. The summed E-state index contributed by atoms with van der Waals surface area (Å²) in [6, 6.07) is 1.69. The van der Waals surface area contributed by atoms with Crippen molar-refractivity contribution in [2.75, 3.05) is 19.6 Å². The number of hydrogen-bond acceptors (Lipinski definition) is 2. The van der Waals surface area contributed by atoms with E-state index in [0.717, 1.165) is 23.9 Å². The fraction of sp³-hybridized carbons (Fsp3) is 1.00. The minimum atomic E-state index is 0.784. The number of piperidine rings is 1. The van der Waals surface area contributed by atoms with Gasteiger partial charge < -0.3 is 5.32 Å². The molecule has 104 valence electrons. The SMILES string of the molecule is CCC(C1CC1)N1CCCC(NCC2CCC2)C1. The topological polar surface area (TPSA) is 15.3 Å². The van der Waals surface area contributed by atoms with Crippen LogP contribution in [0.15, 0.2) is 0 Å². The van der Waals surface area contributed by atoms with Crippen molar-refractivity contribution in [1.29, 1.82) is 0 Å². The quantitative estimate of drug-likeness (QED) is 0.779. The maximum absolute atomic E-state index is 3.85. The van der Waals surface area contributed by atoms with E-state index in [4.69, 9.17) is 0 Å². The predicted molar refractivity (Wildman–Crippen MR) is 76.7 cm³/mol. The van der Waals surface area contributed by atoms with Gasteiger partial charge in [-0.15, -0.1) is 0 Å². The zero-order chi connectivity index (χ0) is 12.4. The van der Waals surface area contributed by atoms with Gasteiger partial charge in [-0.1, -0.05) is 13.3 Å². The molecule has 1 saturated heterocycles. The second kappa shape index (κ2) is 5.92. The Balaban J connectivity index is 1.44. The Bertz CT molecular complexity index is 258. The molecule has 18 heavy (non-hydrogen) atoms. The summed E-state index contributed by atoms with van der Waals surface area (Å²) >= 11 is 0. The Labute approximate surface area is 113 Å². The summed E-state index contributed by atoms with van der Waals surface area (Å²) in [7, 11) is 0. The van der Waals surface area contributed by atoms with Gasteiger partial charge in [0.2, 0.25) is 0 Å². The summed E-state index contributed by atoms with van der Waals surface area (Å²) in [6.07, 6.45) is 11.6. The Hall–Kier alpha value is -0.0800. The summed E-state index contributed by atoms with van der Waals surface area (Å²) in [5.74, 6) is 2.05. The van der Waals surface area contributed by atoms with Crippen LogP contribution in [0.1, 0.15) is 58.3 Å². The van der Waals surface area contributed by atoms with Crippen molar-refractivity contribution in [3.05, 3.63) is 0 Å². The van der Waals surface area contributed by atoms with Crippen molar-refractivity contribution >= 4 is 0 Å². The van der Waals surface area contributed by atoms with Crippen molar-refractivity contribution < 1.29 is 0 Å². The number of likely N-dealkylation sites (tertiary alicyclic amines) is 1. The molecule has 2 unspecified atom stereocenters. The Morgan fingerprint density at radius 3 is 2.56 bits per heavy atom. The van der Waals surface area contributed by atoms with Crippen LogP contribution in [0.3, 0.4) is 0 Å². The van der Waals surface area contributed by atoms with Crippen LogP contribution >= 0.6 is 0 Å². The maximum atomic E-state index is 3.85. The van der Waals surface area contributed by atoms with Crippen molar-refractivity contribution in [2.45, 2.75) is 70.4 Å². The van der Waals surface area contributed by atoms with E-state index < -0.39 is 0 Å². The highest BCUT2D eigenvalue weighted by molar-refractivity contribution is 4.91. The van der Waals surface area contributed by atoms with Crippen molar-refractivity contribution in [1.82, 2.24) is 10.2 Å². The van der Waals surface area contributed by atoms with Gasteiger partial charge in [0.05, 0.1) is 0 Å². The van der Waals surface area contributed by atoms with E-state index >= 15 is 0 Å². The minimum absolute atomic E-state index is 0.784. The highest BCUT2D eigenvalue weighted by atomic mass is 15.2. The lowest BCUT2D eigenvalue weighted by Gasteiger charge is -2.39. The molecule has 0 bridgehead atoms. The van der Waals surface area contributed by atoms with Gasteiger partial charge in [-0.3, -0.25) is 4.90 Å². The van der Waals surface area contributed by atoms with Gasteiger partial charge in [0.15, 0.2) is 0 Å². The fourth-order valence-electron chi connectivity index (χ4n) is 3.88.